The van der Waals surface area contributed by atoms with Gasteiger partial charge in [-0.2, -0.15) is 0 Å². The summed E-state index contributed by atoms with van der Waals surface area (Å²) in [7, 11) is 0. The van der Waals surface area contributed by atoms with E-state index >= 15 is 0 Å². The fraction of sp³-hybridized carbons (Fsp3) is 0.921. The highest BCUT2D eigenvalue weighted by molar-refractivity contribution is 5.77. The zero-order chi connectivity index (χ0) is 40.7. The van der Waals surface area contributed by atoms with Crippen LogP contribution in [-0.2, 0) is 33.2 Å². The zero-order valence-corrected chi connectivity index (χ0v) is 31.9. The number of carbonyl (C=O) groups is 1. The third-order valence-corrected chi connectivity index (χ3v) is 14.9. The number of carbonyl (C=O) groups excluding carboxylic acids is 1. The van der Waals surface area contributed by atoms with Crippen LogP contribution in [-0.4, -0.2) is 180 Å². The Morgan fingerprint density at radius 3 is 1.82 bits per heavy atom. The van der Waals surface area contributed by atoms with Crippen molar-refractivity contribution >= 4 is 5.97 Å². The summed E-state index contributed by atoms with van der Waals surface area (Å²) >= 11 is 0. The minimum Gasteiger partial charge on any atom is -0.432 e. The van der Waals surface area contributed by atoms with E-state index in [1.807, 2.05) is 13.8 Å². The average Bonchev–Trinajstić information content (AvgIpc) is 3.37. The maximum atomic E-state index is 14.1. The molecule has 2 bridgehead atoms. The molecular formula is C38H60O18. The molecule has 18 nitrogen and oxygen atoms in total. The Morgan fingerprint density at radius 1 is 0.679 bits per heavy atom. The molecule has 3 heterocycles. The second kappa shape index (κ2) is 15.6. The van der Waals surface area contributed by atoms with Crippen molar-refractivity contribution in [2.75, 3.05) is 19.8 Å². The molecule has 0 unspecified atom stereocenters. The summed E-state index contributed by atoms with van der Waals surface area (Å²) in [5, 5.41) is 114. The summed E-state index contributed by atoms with van der Waals surface area (Å²) in [6.45, 7) is 4.03. The van der Waals surface area contributed by atoms with Gasteiger partial charge in [0.2, 0.25) is 6.29 Å². The molecule has 0 radical (unpaired) electrons. The van der Waals surface area contributed by atoms with Crippen molar-refractivity contribution in [3.8, 4) is 0 Å². The van der Waals surface area contributed by atoms with Crippen LogP contribution in [0.5, 0.6) is 0 Å². The third-order valence-electron chi connectivity index (χ3n) is 14.9. The quantitative estimate of drug-likeness (QED) is 0.0631. The van der Waals surface area contributed by atoms with E-state index < -0.39 is 129 Å². The van der Waals surface area contributed by atoms with Gasteiger partial charge in [-0.1, -0.05) is 19.4 Å². The van der Waals surface area contributed by atoms with E-state index in [0.717, 1.165) is 18.4 Å². The van der Waals surface area contributed by atoms with Gasteiger partial charge in [-0.05, 0) is 87.0 Å². The number of hydrogen-bond donors (Lipinski definition) is 11. The highest BCUT2D eigenvalue weighted by Crippen LogP contribution is 2.72. The number of aliphatic hydroxyl groups is 11. The first-order chi connectivity index (χ1) is 26.4. The summed E-state index contributed by atoms with van der Waals surface area (Å²) < 4.78 is 35.6. The second-order valence-corrected chi connectivity index (χ2v) is 17.9. The molecule has 320 valence electrons. The van der Waals surface area contributed by atoms with Crippen LogP contribution < -0.4 is 0 Å². The van der Waals surface area contributed by atoms with Gasteiger partial charge >= 0.3 is 5.97 Å². The molecule has 11 N–H and O–H groups in total. The minimum atomic E-state index is -1.80. The molecule has 0 aromatic carbocycles. The molecule has 0 amide bonds. The van der Waals surface area contributed by atoms with Crippen molar-refractivity contribution in [1.82, 2.24) is 0 Å². The van der Waals surface area contributed by atoms with Gasteiger partial charge in [0.1, 0.15) is 73.2 Å². The first-order valence-electron chi connectivity index (χ1n) is 19.9. The van der Waals surface area contributed by atoms with Gasteiger partial charge in [-0.25, -0.2) is 0 Å². The number of fused-ring (bicyclic) bond motifs is 3. The first kappa shape index (κ1) is 42.7. The van der Waals surface area contributed by atoms with Crippen molar-refractivity contribution < 1.29 is 89.4 Å². The Bertz CT molecular complexity index is 1460. The van der Waals surface area contributed by atoms with Crippen molar-refractivity contribution in [2.24, 2.45) is 28.1 Å². The van der Waals surface area contributed by atoms with Crippen molar-refractivity contribution in [1.29, 1.82) is 0 Å². The molecule has 4 aliphatic carbocycles. The molecule has 0 aromatic heterocycles. The normalized spacial score (nSPS) is 54.5. The second-order valence-electron chi connectivity index (χ2n) is 17.9. The highest BCUT2D eigenvalue weighted by atomic mass is 16.8. The largest absolute Gasteiger partial charge is 0.432 e. The molecule has 3 saturated carbocycles. The van der Waals surface area contributed by atoms with Crippen LogP contribution in [0.4, 0.5) is 0 Å². The lowest BCUT2D eigenvalue weighted by atomic mass is 9.40. The Balaban J connectivity index is 1.10. The average molecular weight is 805 g/mol. The van der Waals surface area contributed by atoms with Gasteiger partial charge in [0.05, 0.1) is 30.8 Å². The van der Waals surface area contributed by atoms with E-state index in [4.69, 9.17) is 28.4 Å². The van der Waals surface area contributed by atoms with Gasteiger partial charge in [0, 0.05) is 0 Å². The first-order valence-corrected chi connectivity index (χ1v) is 19.9. The molecule has 56 heavy (non-hydrogen) atoms. The van der Waals surface area contributed by atoms with Crippen LogP contribution in [0.3, 0.4) is 0 Å². The van der Waals surface area contributed by atoms with Crippen LogP contribution in [0, 0.1) is 28.1 Å². The molecule has 18 heteroatoms. The molecule has 1 spiro atoms. The van der Waals surface area contributed by atoms with Crippen molar-refractivity contribution in [2.45, 2.75) is 170 Å². The third kappa shape index (κ3) is 6.69. The number of hydrogen-bond acceptors (Lipinski definition) is 18. The Labute approximate surface area is 324 Å². The van der Waals surface area contributed by atoms with Crippen LogP contribution in [0.1, 0.15) is 72.1 Å². The topological polar surface area (TPSA) is 295 Å². The minimum absolute atomic E-state index is 0.105. The standard InChI is InChI=1S/C38H60O18/c1-16-11-37-9-5-20-35(2,7-4-8-36(20,3)34(50)55-32-29(49)26(46)23(43)18(13-40)52-32)21(37)6-10-38(16,15-37)56-33-30(27(47)24(44)19(14-41)53-33)54-31-28(48)25(45)22(42)17(12-39)51-31/h11,17-33,39-49H,4-10,12-15H2,1-3H3/t17-,18-,19-,20-,21-,22-,23-,24-,25+,26+,27+,28-,29-,30-,31+,32+,33+,35+,36-,37+,38-/m1/s1. The van der Waals surface area contributed by atoms with E-state index in [9.17, 15) is 61.0 Å². The van der Waals surface area contributed by atoms with Gasteiger partial charge in [0.15, 0.2) is 12.6 Å². The molecule has 3 saturated heterocycles. The summed E-state index contributed by atoms with van der Waals surface area (Å²) in [6.07, 6.45) is -16.1. The van der Waals surface area contributed by atoms with Gasteiger partial charge in [0.25, 0.3) is 0 Å². The maximum Gasteiger partial charge on any atom is 0.314 e. The van der Waals surface area contributed by atoms with E-state index in [0.29, 0.717) is 38.5 Å². The van der Waals surface area contributed by atoms with Gasteiger partial charge in [-0.3, -0.25) is 4.79 Å². The smallest absolute Gasteiger partial charge is 0.314 e. The Morgan fingerprint density at radius 2 is 1.21 bits per heavy atom. The van der Waals surface area contributed by atoms with Crippen LogP contribution in [0.2, 0.25) is 0 Å². The summed E-state index contributed by atoms with van der Waals surface area (Å²) in [4.78, 5) is 14.1. The molecule has 6 fully saturated rings. The van der Waals surface area contributed by atoms with Crippen LogP contribution >= 0.6 is 0 Å². The highest BCUT2D eigenvalue weighted by Gasteiger charge is 2.68. The number of ether oxygens (including phenoxy) is 6. The molecule has 7 aliphatic rings. The lowest BCUT2D eigenvalue weighted by Gasteiger charge is -2.64. The van der Waals surface area contributed by atoms with Crippen LogP contribution in [0.15, 0.2) is 11.6 Å². The zero-order valence-electron chi connectivity index (χ0n) is 31.9. The van der Waals surface area contributed by atoms with Gasteiger partial charge in [-0.15, -0.1) is 0 Å². The van der Waals surface area contributed by atoms with Crippen LogP contribution in [0.25, 0.3) is 0 Å². The fourth-order valence-electron chi connectivity index (χ4n) is 11.9. The molecule has 7 rings (SSSR count). The van der Waals surface area contributed by atoms with Crippen molar-refractivity contribution in [3.63, 3.8) is 0 Å². The van der Waals surface area contributed by atoms with Crippen molar-refractivity contribution in [3.05, 3.63) is 11.6 Å². The lowest BCUT2D eigenvalue weighted by molar-refractivity contribution is -0.378. The lowest BCUT2D eigenvalue weighted by Crippen LogP contribution is -2.66. The Hall–Kier alpha value is -1.43. The van der Waals surface area contributed by atoms with Gasteiger partial charge < -0.3 is 84.6 Å². The number of esters is 1. The number of aliphatic hydroxyl groups excluding tert-OH is 11. The summed E-state index contributed by atoms with van der Waals surface area (Å²) in [5.41, 5.74) is -1.69. The van der Waals surface area contributed by atoms with E-state index in [1.54, 1.807) is 0 Å². The van der Waals surface area contributed by atoms with E-state index in [-0.39, 0.29) is 22.7 Å². The SMILES string of the molecule is CC1=C[C@]23CC[C@@H]4[C@](C)(CCC[C@@]4(C)C(=O)O[C@@H]4O[C@H](CO)[C@@H](O)[C@H](O)[C@H]4O)[C@H]2CC[C@@]1(O[C@@H]1O[C@H](CO)[C@@H](O)[C@H](O)[C@H]1O[C@@H]1O[C@H](CO)[C@@H](O)[C@H](O)[C@H]1O)C3. The summed E-state index contributed by atoms with van der Waals surface area (Å²) in [5.74, 6) is -0.604. The van der Waals surface area contributed by atoms with E-state index in [2.05, 4.69) is 13.0 Å². The summed E-state index contributed by atoms with van der Waals surface area (Å²) in [6, 6.07) is 0. The monoisotopic (exact) mass is 804 g/mol. The van der Waals surface area contributed by atoms with E-state index in [1.165, 1.54) is 0 Å². The molecule has 0 aromatic rings. The molecular weight excluding hydrogens is 744 g/mol. The molecule has 3 aliphatic heterocycles. The Kier molecular flexibility index (Phi) is 11.9. The molecule has 21 atom stereocenters. The predicted octanol–water partition coefficient (Wildman–Crippen LogP) is -2.94. The fourth-order valence-corrected chi connectivity index (χ4v) is 11.9. The predicted molar refractivity (Wildman–Crippen MR) is 186 cm³/mol. The maximum absolute atomic E-state index is 14.1. The number of allylic oxidation sites excluding steroid dienone is 1. The number of rotatable bonds is 9.